The summed E-state index contributed by atoms with van der Waals surface area (Å²) in [5.41, 5.74) is -0.257. The molecule has 0 aliphatic rings. The number of hydrogen-bond acceptors (Lipinski definition) is 2. The van der Waals surface area contributed by atoms with Crippen LogP contribution in [0.2, 0.25) is 0 Å². The van der Waals surface area contributed by atoms with Crippen LogP contribution in [0.25, 0.3) is 10.9 Å². The van der Waals surface area contributed by atoms with Crippen molar-refractivity contribution in [2.24, 2.45) is 0 Å². The first kappa shape index (κ1) is 8.68. The molecule has 1 aromatic heterocycles. The molecule has 5 heteroatoms. The number of aromatic nitrogens is 2. The first-order chi connectivity index (χ1) is 6.58. The van der Waals surface area contributed by atoms with Crippen molar-refractivity contribution in [3.05, 3.63) is 44.4 Å². The monoisotopic (exact) mass is 194 g/mol. The summed E-state index contributed by atoms with van der Waals surface area (Å²) in [5, 5.41) is 0.155. The second-order valence-corrected chi connectivity index (χ2v) is 3.05. The maximum atomic E-state index is 12.9. The highest BCUT2D eigenvalue weighted by Gasteiger charge is 2.05. The van der Waals surface area contributed by atoms with Crippen LogP contribution in [0.15, 0.2) is 21.7 Å². The summed E-state index contributed by atoms with van der Waals surface area (Å²) in [7, 11) is 0. The van der Waals surface area contributed by atoms with Crippen LogP contribution in [-0.4, -0.2) is 9.97 Å². The van der Waals surface area contributed by atoms with Gasteiger partial charge in [-0.25, -0.2) is 9.18 Å². The van der Waals surface area contributed by atoms with Gasteiger partial charge in [0.15, 0.2) is 0 Å². The number of halogens is 1. The average molecular weight is 194 g/mol. The van der Waals surface area contributed by atoms with Crippen molar-refractivity contribution < 1.29 is 4.39 Å². The number of hydrogen-bond donors (Lipinski definition) is 2. The summed E-state index contributed by atoms with van der Waals surface area (Å²) in [6.45, 7) is 1.63. The third kappa shape index (κ3) is 1.22. The second-order valence-electron chi connectivity index (χ2n) is 3.05. The normalized spacial score (nSPS) is 10.7. The molecule has 2 N–H and O–H groups in total. The van der Waals surface area contributed by atoms with Gasteiger partial charge < -0.3 is 4.98 Å². The van der Waals surface area contributed by atoms with E-state index in [1.807, 2.05) is 4.98 Å². The van der Waals surface area contributed by atoms with Gasteiger partial charge >= 0.3 is 5.69 Å². The molecule has 14 heavy (non-hydrogen) atoms. The van der Waals surface area contributed by atoms with E-state index in [0.29, 0.717) is 11.1 Å². The molecular formula is C9H7FN2O2. The molecule has 0 amide bonds. The third-order valence-corrected chi connectivity index (χ3v) is 2.01. The second kappa shape index (κ2) is 2.80. The van der Waals surface area contributed by atoms with Crippen molar-refractivity contribution in [3.8, 4) is 0 Å². The van der Waals surface area contributed by atoms with Gasteiger partial charge in [0.2, 0.25) is 0 Å². The number of H-pyrrole nitrogens is 2. The van der Waals surface area contributed by atoms with E-state index in [-0.39, 0.29) is 5.39 Å². The van der Waals surface area contributed by atoms with Gasteiger partial charge in [-0.3, -0.25) is 9.78 Å². The highest BCUT2D eigenvalue weighted by Crippen LogP contribution is 2.12. The SMILES string of the molecule is Cc1cc(F)cc2c(=O)[nH]c(=O)[nH]c12. The van der Waals surface area contributed by atoms with Crippen molar-refractivity contribution in [1.29, 1.82) is 0 Å². The van der Waals surface area contributed by atoms with Crippen LogP contribution in [0.4, 0.5) is 4.39 Å². The van der Waals surface area contributed by atoms with Gasteiger partial charge in [0, 0.05) is 0 Å². The Kier molecular flexibility index (Phi) is 1.73. The lowest BCUT2D eigenvalue weighted by atomic mass is 10.1. The molecule has 0 saturated heterocycles. The van der Waals surface area contributed by atoms with Gasteiger partial charge in [-0.2, -0.15) is 0 Å². The fraction of sp³-hybridized carbons (Fsp3) is 0.111. The van der Waals surface area contributed by atoms with Crippen molar-refractivity contribution in [2.75, 3.05) is 0 Å². The van der Waals surface area contributed by atoms with E-state index in [1.165, 1.54) is 6.07 Å². The largest absolute Gasteiger partial charge is 0.326 e. The van der Waals surface area contributed by atoms with Crippen LogP contribution in [-0.2, 0) is 0 Å². The summed E-state index contributed by atoms with van der Waals surface area (Å²) >= 11 is 0. The van der Waals surface area contributed by atoms with E-state index in [4.69, 9.17) is 0 Å². The fourth-order valence-electron chi connectivity index (χ4n) is 1.40. The summed E-state index contributed by atoms with van der Waals surface area (Å²) in [5.74, 6) is -0.493. The molecule has 0 aliphatic carbocycles. The number of nitrogens with one attached hydrogen (secondary N) is 2. The maximum Gasteiger partial charge on any atom is 0.326 e. The van der Waals surface area contributed by atoms with Crippen molar-refractivity contribution in [2.45, 2.75) is 6.92 Å². The van der Waals surface area contributed by atoms with Gasteiger partial charge in [0.05, 0.1) is 10.9 Å². The Balaban J connectivity index is 3.10. The maximum absolute atomic E-state index is 12.9. The van der Waals surface area contributed by atoms with E-state index >= 15 is 0 Å². The Hall–Kier alpha value is -1.91. The molecule has 0 bridgehead atoms. The lowest BCUT2D eigenvalue weighted by Gasteiger charge is -2.00. The number of rotatable bonds is 0. The van der Waals surface area contributed by atoms with Crippen LogP contribution >= 0.6 is 0 Å². The fourth-order valence-corrected chi connectivity index (χ4v) is 1.40. The van der Waals surface area contributed by atoms with Crippen molar-refractivity contribution in [3.63, 3.8) is 0 Å². The van der Waals surface area contributed by atoms with Crippen molar-refractivity contribution >= 4 is 10.9 Å². The van der Waals surface area contributed by atoms with Gasteiger partial charge in [0.1, 0.15) is 5.82 Å². The van der Waals surface area contributed by atoms with Crippen LogP contribution in [0.5, 0.6) is 0 Å². The number of fused-ring (bicyclic) bond motifs is 1. The van der Waals surface area contributed by atoms with E-state index < -0.39 is 17.1 Å². The highest BCUT2D eigenvalue weighted by atomic mass is 19.1. The lowest BCUT2D eigenvalue weighted by Crippen LogP contribution is -2.22. The van der Waals surface area contributed by atoms with E-state index in [2.05, 4.69) is 4.98 Å². The molecule has 1 heterocycles. The number of aromatic amines is 2. The van der Waals surface area contributed by atoms with Crippen molar-refractivity contribution in [1.82, 2.24) is 9.97 Å². The minimum absolute atomic E-state index is 0.155. The molecule has 0 aliphatic heterocycles. The predicted molar refractivity (Wildman–Crippen MR) is 49.9 cm³/mol. The summed E-state index contributed by atoms with van der Waals surface area (Å²) < 4.78 is 12.9. The van der Waals surface area contributed by atoms with Crippen LogP contribution < -0.4 is 11.2 Å². The topological polar surface area (TPSA) is 65.7 Å². The van der Waals surface area contributed by atoms with Gasteiger partial charge in [-0.15, -0.1) is 0 Å². The van der Waals surface area contributed by atoms with Gasteiger partial charge in [-0.1, -0.05) is 0 Å². The molecule has 0 atom stereocenters. The van der Waals surface area contributed by atoms with Crippen LogP contribution in [0.3, 0.4) is 0 Å². The standard InChI is InChI=1S/C9H7FN2O2/c1-4-2-5(10)3-6-7(4)11-9(14)12-8(6)13/h2-3H,1H3,(H2,11,12,13,14). The quantitative estimate of drug-likeness (QED) is 0.647. The molecule has 1 aromatic carbocycles. The van der Waals surface area contributed by atoms with Gasteiger partial charge in [-0.05, 0) is 24.6 Å². The molecule has 0 fully saturated rings. The summed E-state index contributed by atoms with van der Waals surface area (Å²) in [6.07, 6.45) is 0. The minimum Gasteiger partial charge on any atom is -0.307 e. The molecule has 0 unspecified atom stereocenters. The molecule has 4 nitrogen and oxygen atoms in total. The predicted octanol–water partition coefficient (Wildman–Crippen LogP) is 0.664. The van der Waals surface area contributed by atoms with E-state index in [0.717, 1.165) is 6.07 Å². The lowest BCUT2D eigenvalue weighted by molar-refractivity contribution is 0.628. The Labute approximate surface area is 77.4 Å². The first-order valence-corrected chi connectivity index (χ1v) is 4.00. The molecule has 0 radical (unpaired) electrons. The number of benzene rings is 1. The Bertz CT molecular complexity index is 612. The summed E-state index contributed by atoms with van der Waals surface area (Å²) in [6, 6.07) is 2.36. The molecule has 2 rings (SSSR count). The van der Waals surface area contributed by atoms with Gasteiger partial charge in [0.25, 0.3) is 5.56 Å². The Morgan fingerprint density at radius 1 is 1.21 bits per heavy atom. The first-order valence-electron chi connectivity index (χ1n) is 4.00. The molecule has 2 aromatic rings. The molecule has 0 saturated carbocycles. The zero-order chi connectivity index (χ0) is 10.3. The minimum atomic E-state index is -0.586. The van der Waals surface area contributed by atoms with E-state index in [9.17, 15) is 14.0 Å². The Morgan fingerprint density at radius 3 is 2.64 bits per heavy atom. The molecule has 72 valence electrons. The molecule has 0 spiro atoms. The smallest absolute Gasteiger partial charge is 0.307 e. The van der Waals surface area contributed by atoms with Crippen LogP contribution in [0.1, 0.15) is 5.56 Å². The zero-order valence-corrected chi connectivity index (χ0v) is 7.35. The molecular weight excluding hydrogens is 187 g/mol. The number of aryl methyl sites for hydroxylation is 1. The Morgan fingerprint density at radius 2 is 1.93 bits per heavy atom. The average Bonchev–Trinajstić information content (AvgIpc) is 2.07. The highest BCUT2D eigenvalue weighted by molar-refractivity contribution is 5.80. The third-order valence-electron chi connectivity index (χ3n) is 2.01. The zero-order valence-electron chi connectivity index (χ0n) is 7.35. The van der Waals surface area contributed by atoms with Crippen LogP contribution in [0, 0.1) is 12.7 Å². The summed E-state index contributed by atoms with van der Waals surface area (Å²) in [4.78, 5) is 26.7. The van der Waals surface area contributed by atoms with E-state index in [1.54, 1.807) is 6.92 Å².